The Morgan fingerprint density at radius 2 is 1.75 bits per heavy atom. The second-order valence-corrected chi connectivity index (χ2v) is 4.72. The summed E-state index contributed by atoms with van der Waals surface area (Å²) in [6, 6.07) is 14.7. The first-order chi connectivity index (χ1) is 7.84. The highest BCUT2D eigenvalue weighted by Gasteiger charge is 1.96. The summed E-state index contributed by atoms with van der Waals surface area (Å²) in [5.74, 6) is 0. The summed E-state index contributed by atoms with van der Waals surface area (Å²) in [7, 11) is 0. The molecule has 1 heterocycles. The van der Waals surface area contributed by atoms with Crippen molar-refractivity contribution < 1.29 is 0 Å². The van der Waals surface area contributed by atoms with Gasteiger partial charge in [0, 0.05) is 16.4 Å². The van der Waals surface area contributed by atoms with Crippen molar-refractivity contribution in [2.45, 2.75) is 19.3 Å². The van der Waals surface area contributed by atoms with Crippen molar-refractivity contribution in [1.82, 2.24) is 4.98 Å². The minimum atomic E-state index is 1.04. The maximum absolute atomic E-state index is 4.36. The molecular formula is C14H14BrN. The molecule has 2 heteroatoms. The van der Waals surface area contributed by atoms with Crippen LogP contribution >= 0.6 is 15.9 Å². The highest BCUT2D eigenvalue weighted by atomic mass is 79.9. The zero-order valence-electron chi connectivity index (χ0n) is 9.07. The van der Waals surface area contributed by atoms with Crippen LogP contribution in [-0.2, 0) is 12.8 Å². The fourth-order valence-corrected chi connectivity index (χ4v) is 1.91. The van der Waals surface area contributed by atoms with E-state index >= 15 is 0 Å². The fourth-order valence-electron chi connectivity index (χ4n) is 1.67. The standard InChI is InChI=1S/C14H14BrN/c15-13-9-10-14(16-11-13)8-4-7-12-5-2-1-3-6-12/h1-3,5-6,9-11H,4,7-8H2. The van der Waals surface area contributed by atoms with Gasteiger partial charge in [0.15, 0.2) is 0 Å². The van der Waals surface area contributed by atoms with Gasteiger partial charge >= 0.3 is 0 Å². The third-order valence-corrected chi connectivity index (χ3v) is 3.00. The van der Waals surface area contributed by atoms with E-state index in [1.54, 1.807) is 0 Å². The molecular weight excluding hydrogens is 262 g/mol. The minimum absolute atomic E-state index is 1.04. The van der Waals surface area contributed by atoms with Gasteiger partial charge in [-0.2, -0.15) is 0 Å². The summed E-state index contributed by atoms with van der Waals surface area (Å²) >= 11 is 3.39. The Balaban J connectivity index is 1.82. The number of aryl methyl sites for hydroxylation is 2. The Hall–Kier alpha value is -1.15. The van der Waals surface area contributed by atoms with Crippen molar-refractivity contribution in [2.75, 3.05) is 0 Å². The van der Waals surface area contributed by atoms with Crippen LogP contribution in [0.2, 0.25) is 0 Å². The van der Waals surface area contributed by atoms with Crippen molar-refractivity contribution in [1.29, 1.82) is 0 Å². The van der Waals surface area contributed by atoms with Gasteiger partial charge in [0.1, 0.15) is 0 Å². The number of hydrogen-bond donors (Lipinski definition) is 0. The van der Waals surface area contributed by atoms with Crippen LogP contribution in [0.25, 0.3) is 0 Å². The van der Waals surface area contributed by atoms with Crippen molar-refractivity contribution in [3.8, 4) is 0 Å². The lowest BCUT2D eigenvalue weighted by molar-refractivity contribution is 0.799. The van der Waals surface area contributed by atoms with Gasteiger partial charge in [-0.15, -0.1) is 0 Å². The molecule has 0 saturated carbocycles. The lowest BCUT2D eigenvalue weighted by Crippen LogP contribution is -1.92. The summed E-state index contributed by atoms with van der Waals surface area (Å²) in [4.78, 5) is 4.36. The van der Waals surface area contributed by atoms with Gasteiger partial charge in [0.2, 0.25) is 0 Å². The number of pyridine rings is 1. The van der Waals surface area contributed by atoms with E-state index in [0.29, 0.717) is 0 Å². The first-order valence-corrected chi connectivity index (χ1v) is 6.28. The van der Waals surface area contributed by atoms with Gasteiger partial charge in [-0.25, -0.2) is 0 Å². The van der Waals surface area contributed by atoms with E-state index in [-0.39, 0.29) is 0 Å². The quantitative estimate of drug-likeness (QED) is 0.822. The molecule has 2 rings (SSSR count). The van der Waals surface area contributed by atoms with Gasteiger partial charge in [0.05, 0.1) is 0 Å². The van der Waals surface area contributed by atoms with Crippen LogP contribution in [0, 0.1) is 0 Å². The molecule has 0 aliphatic heterocycles. The first-order valence-electron chi connectivity index (χ1n) is 5.49. The van der Waals surface area contributed by atoms with Crippen molar-refractivity contribution in [2.24, 2.45) is 0 Å². The van der Waals surface area contributed by atoms with E-state index in [0.717, 1.165) is 23.7 Å². The second-order valence-electron chi connectivity index (χ2n) is 3.81. The number of aromatic nitrogens is 1. The van der Waals surface area contributed by atoms with E-state index < -0.39 is 0 Å². The lowest BCUT2D eigenvalue weighted by Gasteiger charge is -2.01. The number of halogens is 1. The van der Waals surface area contributed by atoms with Crippen LogP contribution in [0.5, 0.6) is 0 Å². The molecule has 1 aromatic heterocycles. The molecule has 0 saturated heterocycles. The monoisotopic (exact) mass is 275 g/mol. The molecule has 0 fully saturated rings. The van der Waals surface area contributed by atoms with Crippen LogP contribution in [0.3, 0.4) is 0 Å². The Bertz CT molecular complexity index is 422. The van der Waals surface area contributed by atoms with Crippen LogP contribution in [-0.4, -0.2) is 4.98 Å². The van der Waals surface area contributed by atoms with Gasteiger partial charge in [-0.1, -0.05) is 30.3 Å². The van der Waals surface area contributed by atoms with Crippen LogP contribution in [0.1, 0.15) is 17.7 Å². The number of hydrogen-bond acceptors (Lipinski definition) is 1. The summed E-state index contributed by atoms with van der Waals surface area (Å²) in [5.41, 5.74) is 2.57. The van der Waals surface area contributed by atoms with E-state index in [4.69, 9.17) is 0 Å². The predicted octanol–water partition coefficient (Wildman–Crippen LogP) is 4.02. The van der Waals surface area contributed by atoms with E-state index in [1.165, 1.54) is 11.3 Å². The molecule has 0 unspecified atom stereocenters. The maximum atomic E-state index is 4.36. The molecule has 0 N–H and O–H groups in total. The molecule has 82 valence electrons. The maximum Gasteiger partial charge on any atom is 0.0413 e. The van der Waals surface area contributed by atoms with Crippen molar-refractivity contribution >= 4 is 15.9 Å². The molecule has 1 nitrogen and oxygen atoms in total. The van der Waals surface area contributed by atoms with Gasteiger partial charge in [-0.3, -0.25) is 4.98 Å². The second kappa shape index (κ2) is 5.80. The highest BCUT2D eigenvalue weighted by Crippen LogP contribution is 2.10. The minimum Gasteiger partial charge on any atom is -0.260 e. The lowest BCUT2D eigenvalue weighted by atomic mass is 10.1. The molecule has 0 atom stereocenters. The number of nitrogens with zero attached hydrogens (tertiary/aromatic N) is 1. The zero-order chi connectivity index (χ0) is 11.2. The number of rotatable bonds is 4. The Morgan fingerprint density at radius 3 is 2.44 bits per heavy atom. The SMILES string of the molecule is Brc1ccc(CCCc2ccccc2)nc1. The summed E-state index contributed by atoms with van der Waals surface area (Å²) in [5, 5.41) is 0. The molecule has 16 heavy (non-hydrogen) atoms. The van der Waals surface area contributed by atoms with Crippen molar-refractivity contribution in [3.63, 3.8) is 0 Å². The Labute approximate surface area is 105 Å². The predicted molar refractivity (Wildman–Crippen MR) is 70.4 cm³/mol. The first kappa shape index (κ1) is 11.3. The highest BCUT2D eigenvalue weighted by molar-refractivity contribution is 9.10. The molecule has 0 aliphatic rings. The third kappa shape index (κ3) is 3.46. The molecule has 0 amide bonds. The molecule has 2 aromatic rings. The summed E-state index contributed by atoms with van der Waals surface area (Å²) in [6.07, 6.45) is 5.18. The Morgan fingerprint density at radius 1 is 0.938 bits per heavy atom. The van der Waals surface area contributed by atoms with Crippen LogP contribution in [0.15, 0.2) is 53.1 Å². The van der Waals surface area contributed by atoms with Crippen molar-refractivity contribution in [3.05, 3.63) is 64.4 Å². The molecule has 0 aliphatic carbocycles. The topological polar surface area (TPSA) is 12.9 Å². The van der Waals surface area contributed by atoms with Gasteiger partial charge in [0.25, 0.3) is 0 Å². The zero-order valence-corrected chi connectivity index (χ0v) is 10.7. The average molecular weight is 276 g/mol. The van der Waals surface area contributed by atoms with E-state index in [2.05, 4.69) is 57.3 Å². The summed E-state index contributed by atoms with van der Waals surface area (Å²) < 4.78 is 1.04. The van der Waals surface area contributed by atoms with Crippen LogP contribution in [0.4, 0.5) is 0 Å². The normalized spacial score (nSPS) is 10.3. The molecule has 1 aromatic carbocycles. The Kier molecular flexibility index (Phi) is 4.11. The average Bonchev–Trinajstić information content (AvgIpc) is 2.33. The fraction of sp³-hybridized carbons (Fsp3) is 0.214. The number of benzene rings is 1. The third-order valence-electron chi connectivity index (χ3n) is 2.53. The van der Waals surface area contributed by atoms with E-state index in [1.807, 2.05) is 12.3 Å². The van der Waals surface area contributed by atoms with Gasteiger partial charge in [-0.05, 0) is 52.9 Å². The van der Waals surface area contributed by atoms with E-state index in [9.17, 15) is 0 Å². The smallest absolute Gasteiger partial charge is 0.0413 e. The molecule has 0 bridgehead atoms. The molecule has 0 spiro atoms. The largest absolute Gasteiger partial charge is 0.260 e. The van der Waals surface area contributed by atoms with Crippen LogP contribution < -0.4 is 0 Å². The van der Waals surface area contributed by atoms with Gasteiger partial charge < -0.3 is 0 Å². The summed E-state index contributed by atoms with van der Waals surface area (Å²) in [6.45, 7) is 0. The molecule has 0 radical (unpaired) electrons.